The van der Waals surface area contributed by atoms with Crippen molar-refractivity contribution < 1.29 is 62.7 Å². The quantitative estimate of drug-likeness (QED) is 0.507. The molecule has 0 saturated carbocycles. The zero-order valence-electron chi connectivity index (χ0n) is 12.1. The van der Waals surface area contributed by atoms with Crippen LogP contribution in [-0.2, 0) is 4.79 Å². The number of carboxylic acid groups (broad SMARTS) is 1. The van der Waals surface area contributed by atoms with Crippen molar-refractivity contribution in [3.8, 4) is 17.2 Å². The van der Waals surface area contributed by atoms with Gasteiger partial charge >= 0.3 is 57.4 Å². The predicted molar refractivity (Wildman–Crippen MR) is 74.2 cm³/mol. The van der Waals surface area contributed by atoms with E-state index in [1.54, 1.807) is 12.1 Å². The summed E-state index contributed by atoms with van der Waals surface area (Å²) in [5.74, 6) is -1.12. The topological polar surface area (TPSA) is 61.1 Å². The molecule has 0 aliphatic heterocycles. The molecule has 0 amide bonds. The molecule has 0 fully saturated rings. The largest absolute Gasteiger partial charge is 1.00 e. The fourth-order valence-corrected chi connectivity index (χ4v) is 1.78. The molecular formula is C16H12KNO2. The average molecular weight is 289 g/mol. The summed E-state index contributed by atoms with van der Waals surface area (Å²) in [5, 5.41) is 17.6. The monoisotopic (exact) mass is 289 g/mol. The van der Waals surface area contributed by atoms with Crippen LogP contribution in [0.2, 0.25) is 0 Å². The van der Waals surface area contributed by atoms with Crippen molar-refractivity contribution in [2.45, 2.75) is 0 Å². The van der Waals surface area contributed by atoms with Gasteiger partial charge in [-0.05, 0) is 16.7 Å². The van der Waals surface area contributed by atoms with Gasteiger partial charge in [-0.25, -0.2) is 4.79 Å². The third kappa shape index (κ3) is 4.41. The number of hydrogen-bond donors (Lipinski definition) is 1. The molecule has 94 valence electrons. The maximum absolute atomic E-state index is 10.6. The van der Waals surface area contributed by atoms with Crippen molar-refractivity contribution in [3.63, 3.8) is 0 Å². The molecule has 2 aromatic rings. The van der Waals surface area contributed by atoms with E-state index in [2.05, 4.69) is 0 Å². The number of hydrogen-bond acceptors (Lipinski definition) is 2. The Labute approximate surface area is 161 Å². The van der Waals surface area contributed by atoms with Crippen molar-refractivity contribution in [2.75, 3.05) is 0 Å². The SMILES string of the molecule is N#C/C(=C\C(=O)O)c1ccc(-c2ccccc2)cc1.[H-].[K+]. The first-order chi connectivity index (χ1) is 9.20. The minimum atomic E-state index is -1.12. The molecule has 20 heavy (non-hydrogen) atoms. The van der Waals surface area contributed by atoms with Crippen LogP contribution in [0, 0.1) is 11.3 Å². The van der Waals surface area contributed by atoms with E-state index in [1.807, 2.05) is 48.5 Å². The summed E-state index contributed by atoms with van der Waals surface area (Å²) < 4.78 is 0. The second kappa shape index (κ2) is 8.15. The van der Waals surface area contributed by atoms with Crippen molar-refractivity contribution in [3.05, 3.63) is 66.2 Å². The Morgan fingerprint density at radius 3 is 2.10 bits per heavy atom. The van der Waals surface area contributed by atoms with Crippen molar-refractivity contribution in [1.29, 1.82) is 5.26 Å². The maximum atomic E-state index is 10.6. The molecule has 0 radical (unpaired) electrons. The van der Waals surface area contributed by atoms with Gasteiger partial charge in [-0.2, -0.15) is 5.26 Å². The zero-order chi connectivity index (χ0) is 13.7. The number of aliphatic carboxylic acids is 1. The summed E-state index contributed by atoms with van der Waals surface area (Å²) in [5.41, 5.74) is 2.85. The fourth-order valence-electron chi connectivity index (χ4n) is 1.78. The van der Waals surface area contributed by atoms with Gasteiger partial charge in [0, 0.05) is 6.08 Å². The first-order valence-electron chi connectivity index (χ1n) is 5.71. The van der Waals surface area contributed by atoms with Gasteiger partial charge in [0.2, 0.25) is 0 Å². The van der Waals surface area contributed by atoms with Crippen molar-refractivity contribution in [2.24, 2.45) is 0 Å². The molecule has 1 N–H and O–H groups in total. The summed E-state index contributed by atoms with van der Waals surface area (Å²) in [6.45, 7) is 0. The van der Waals surface area contributed by atoms with E-state index in [9.17, 15) is 4.79 Å². The molecule has 0 aliphatic rings. The molecule has 3 nitrogen and oxygen atoms in total. The molecule has 4 heteroatoms. The average Bonchev–Trinajstić information content (AvgIpc) is 2.46. The second-order valence-electron chi connectivity index (χ2n) is 3.95. The summed E-state index contributed by atoms with van der Waals surface area (Å²) in [6.07, 6.45) is 0.914. The Morgan fingerprint density at radius 1 is 1.05 bits per heavy atom. The van der Waals surface area contributed by atoms with Crippen LogP contribution in [0.3, 0.4) is 0 Å². The molecule has 0 saturated heterocycles. The second-order valence-corrected chi connectivity index (χ2v) is 3.95. The van der Waals surface area contributed by atoms with Gasteiger partial charge in [0.1, 0.15) is 6.07 Å². The van der Waals surface area contributed by atoms with E-state index in [4.69, 9.17) is 10.4 Å². The summed E-state index contributed by atoms with van der Waals surface area (Å²) in [7, 11) is 0. The van der Waals surface area contributed by atoms with E-state index in [-0.39, 0.29) is 58.4 Å². The standard InChI is InChI=1S/C16H11NO2.K.H/c17-11-15(10-16(18)19)14-8-6-13(7-9-14)12-4-2-1-3-5-12;;/h1-10H,(H,18,19);;/q;+1;-1/b15-10+;;. The smallest absolute Gasteiger partial charge is 1.00 e. The number of carboxylic acids is 1. The Morgan fingerprint density at radius 2 is 1.60 bits per heavy atom. The molecule has 0 aliphatic carbocycles. The summed E-state index contributed by atoms with van der Waals surface area (Å²) in [6, 6.07) is 19.0. The predicted octanol–water partition coefficient (Wildman–Crippen LogP) is 0.462. The number of carbonyl (C=O) groups is 1. The van der Waals surface area contributed by atoms with Crippen LogP contribution < -0.4 is 51.4 Å². The molecule has 0 atom stereocenters. The fraction of sp³-hybridized carbons (Fsp3) is 0. The first-order valence-corrected chi connectivity index (χ1v) is 5.71. The van der Waals surface area contributed by atoms with Crippen LogP contribution in [0.5, 0.6) is 0 Å². The third-order valence-electron chi connectivity index (χ3n) is 2.69. The van der Waals surface area contributed by atoms with Gasteiger partial charge in [-0.3, -0.25) is 0 Å². The van der Waals surface area contributed by atoms with E-state index in [0.29, 0.717) is 5.56 Å². The van der Waals surface area contributed by atoms with Gasteiger partial charge in [-0.1, -0.05) is 54.6 Å². The Bertz CT molecular complexity index is 661. The first kappa shape index (κ1) is 16.8. The Balaban J connectivity index is 0.00000200. The normalized spacial score (nSPS) is 10.2. The maximum Gasteiger partial charge on any atom is 1.00 e. The number of rotatable bonds is 3. The van der Waals surface area contributed by atoms with Gasteiger partial charge in [0.15, 0.2) is 0 Å². The van der Waals surface area contributed by atoms with Gasteiger partial charge < -0.3 is 6.53 Å². The number of allylic oxidation sites excluding steroid dienone is 1. The molecular weight excluding hydrogens is 277 g/mol. The van der Waals surface area contributed by atoms with Crippen LogP contribution in [0.1, 0.15) is 6.99 Å². The molecule has 0 aromatic heterocycles. The van der Waals surface area contributed by atoms with Crippen LogP contribution >= 0.6 is 0 Å². The van der Waals surface area contributed by atoms with E-state index in [1.165, 1.54) is 0 Å². The molecule has 0 bridgehead atoms. The van der Waals surface area contributed by atoms with Gasteiger partial charge in [0.05, 0.1) is 5.57 Å². The molecule has 0 unspecified atom stereocenters. The minimum Gasteiger partial charge on any atom is -1.00 e. The zero-order valence-corrected chi connectivity index (χ0v) is 14.2. The number of nitrogens with zero attached hydrogens (tertiary/aromatic N) is 1. The van der Waals surface area contributed by atoms with Gasteiger partial charge in [-0.15, -0.1) is 0 Å². The van der Waals surface area contributed by atoms with Crippen molar-refractivity contribution >= 4 is 11.5 Å². The Hall–Kier alpha value is -1.22. The molecule has 2 aromatic carbocycles. The third-order valence-corrected chi connectivity index (χ3v) is 2.69. The van der Waals surface area contributed by atoms with Crippen molar-refractivity contribution in [1.82, 2.24) is 0 Å². The van der Waals surface area contributed by atoms with Gasteiger partial charge in [0.25, 0.3) is 0 Å². The van der Waals surface area contributed by atoms with E-state index < -0.39 is 5.97 Å². The summed E-state index contributed by atoms with van der Waals surface area (Å²) in [4.78, 5) is 10.6. The van der Waals surface area contributed by atoms with Crippen LogP contribution in [-0.4, -0.2) is 11.1 Å². The van der Waals surface area contributed by atoms with Crippen LogP contribution in [0.15, 0.2) is 60.7 Å². The van der Waals surface area contributed by atoms with E-state index >= 15 is 0 Å². The minimum absolute atomic E-state index is 0. The number of nitriles is 1. The van der Waals surface area contributed by atoms with E-state index in [0.717, 1.165) is 17.2 Å². The molecule has 2 rings (SSSR count). The molecule has 0 spiro atoms. The summed E-state index contributed by atoms with van der Waals surface area (Å²) >= 11 is 0. The number of benzene rings is 2. The van der Waals surface area contributed by atoms with Crippen LogP contribution in [0.4, 0.5) is 0 Å². The molecule has 0 heterocycles. The Kier molecular flexibility index (Phi) is 6.86. The van der Waals surface area contributed by atoms with Crippen LogP contribution in [0.25, 0.3) is 16.7 Å².